The highest BCUT2D eigenvalue weighted by atomic mass is 16.6. The van der Waals surface area contributed by atoms with Crippen LogP contribution in [0, 0.1) is 0 Å². The zero-order chi connectivity index (χ0) is 16.9. The summed E-state index contributed by atoms with van der Waals surface area (Å²) in [5.74, 6) is -0.468. The van der Waals surface area contributed by atoms with E-state index in [9.17, 15) is 9.59 Å². The minimum absolute atomic E-state index is 0.0886. The molecule has 0 spiro atoms. The van der Waals surface area contributed by atoms with Crippen LogP contribution in [0.1, 0.15) is 57.6 Å². The zero-order valence-corrected chi connectivity index (χ0v) is 14.0. The fourth-order valence-corrected chi connectivity index (χ4v) is 1.88. The minimum atomic E-state index is -0.642. The zero-order valence-electron chi connectivity index (χ0n) is 14.0. The predicted molar refractivity (Wildman–Crippen MR) is 80.3 cm³/mol. The first kappa shape index (κ1) is 18.0. The maximum absolute atomic E-state index is 12.3. The van der Waals surface area contributed by atoms with Crippen molar-refractivity contribution in [3.63, 3.8) is 0 Å². The molecule has 1 aromatic rings. The van der Waals surface area contributed by atoms with Gasteiger partial charge in [0.05, 0.1) is 24.5 Å². The first-order valence-corrected chi connectivity index (χ1v) is 7.48. The molecule has 124 valence electrons. The second kappa shape index (κ2) is 7.82. The molecule has 0 aromatic carbocycles. The normalized spacial score (nSPS) is 10.9. The first-order valence-electron chi connectivity index (χ1n) is 7.48. The second-order valence-corrected chi connectivity index (χ2v) is 5.21. The Morgan fingerprint density at radius 3 is 2.14 bits per heavy atom. The van der Waals surface area contributed by atoms with E-state index in [0.717, 1.165) is 4.68 Å². The highest BCUT2D eigenvalue weighted by molar-refractivity contribution is 5.94. The highest BCUT2D eigenvalue weighted by Gasteiger charge is 2.29. The van der Waals surface area contributed by atoms with E-state index < -0.39 is 12.1 Å². The largest absolute Gasteiger partial charge is 0.476 e. The number of rotatable bonds is 6. The number of esters is 1. The van der Waals surface area contributed by atoms with E-state index in [1.54, 1.807) is 34.6 Å². The molecule has 0 saturated heterocycles. The van der Waals surface area contributed by atoms with Crippen molar-refractivity contribution in [2.75, 3.05) is 6.61 Å². The molecule has 1 rings (SSSR count). The van der Waals surface area contributed by atoms with Crippen LogP contribution in [-0.4, -0.2) is 40.7 Å². The number of hydrogen-bond acceptors (Lipinski definition) is 6. The molecule has 0 amide bonds. The van der Waals surface area contributed by atoms with Gasteiger partial charge in [-0.05, 0) is 41.0 Å². The highest BCUT2D eigenvalue weighted by Crippen LogP contribution is 2.24. The van der Waals surface area contributed by atoms with Gasteiger partial charge in [-0.25, -0.2) is 9.59 Å². The monoisotopic (exact) mass is 312 g/mol. The Morgan fingerprint density at radius 2 is 1.68 bits per heavy atom. The van der Waals surface area contributed by atoms with Crippen LogP contribution in [0.4, 0.5) is 4.79 Å². The van der Waals surface area contributed by atoms with Gasteiger partial charge in [-0.1, -0.05) is 6.92 Å². The summed E-state index contributed by atoms with van der Waals surface area (Å²) in [7, 11) is 0. The van der Waals surface area contributed by atoms with Crippen LogP contribution >= 0.6 is 0 Å². The minimum Gasteiger partial charge on any atom is -0.476 e. The van der Waals surface area contributed by atoms with Gasteiger partial charge in [0.15, 0.2) is 0 Å². The van der Waals surface area contributed by atoms with Crippen molar-refractivity contribution in [3.8, 4) is 5.88 Å². The maximum atomic E-state index is 12.3. The van der Waals surface area contributed by atoms with Gasteiger partial charge in [-0.2, -0.15) is 4.68 Å². The molecule has 1 aromatic heterocycles. The molecule has 1 heterocycles. The second-order valence-electron chi connectivity index (χ2n) is 5.21. The van der Waals surface area contributed by atoms with E-state index in [-0.39, 0.29) is 23.7 Å². The van der Waals surface area contributed by atoms with Crippen LogP contribution in [0.15, 0.2) is 0 Å². The molecule has 0 fully saturated rings. The topological polar surface area (TPSA) is 79.7 Å². The van der Waals surface area contributed by atoms with Crippen LogP contribution in [-0.2, 0) is 15.9 Å². The molecule has 7 nitrogen and oxygen atoms in total. The maximum Gasteiger partial charge on any atom is 0.435 e. The molecule has 22 heavy (non-hydrogen) atoms. The summed E-state index contributed by atoms with van der Waals surface area (Å²) in [6, 6.07) is 0. The molecule has 7 heteroatoms. The van der Waals surface area contributed by atoms with Crippen molar-refractivity contribution >= 4 is 12.1 Å². The molecule has 0 atom stereocenters. The average Bonchev–Trinajstić information content (AvgIpc) is 2.76. The lowest BCUT2D eigenvalue weighted by Gasteiger charge is -2.10. The van der Waals surface area contributed by atoms with Gasteiger partial charge in [0, 0.05) is 0 Å². The molecule has 0 unspecified atom stereocenters. The Kier molecular flexibility index (Phi) is 6.39. The summed E-state index contributed by atoms with van der Waals surface area (Å²) in [5.41, 5.74) is 0.596. The summed E-state index contributed by atoms with van der Waals surface area (Å²) >= 11 is 0. The van der Waals surface area contributed by atoms with E-state index in [0.29, 0.717) is 18.7 Å². The summed E-state index contributed by atoms with van der Waals surface area (Å²) in [4.78, 5) is 24.4. The number of carbonyl (C=O) groups is 2. The van der Waals surface area contributed by atoms with Crippen LogP contribution in [0.3, 0.4) is 0 Å². The lowest BCUT2D eigenvalue weighted by atomic mass is 10.2. The Morgan fingerprint density at radius 1 is 1.09 bits per heavy atom. The van der Waals surface area contributed by atoms with Gasteiger partial charge in [0.2, 0.25) is 5.88 Å². The number of aromatic nitrogens is 2. The van der Waals surface area contributed by atoms with Crippen molar-refractivity contribution in [1.29, 1.82) is 0 Å². The van der Waals surface area contributed by atoms with Gasteiger partial charge in [-0.15, -0.1) is 5.10 Å². The number of nitrogens with zero attached hydrogens (tertiary/aromatic N) is 2. The van der Waals surface area contributed by atoms with Crippen LogP contribution < -0.4 is 4.74 Å². The Bertz CT molecular complexity index is 534. The van der Waals surface area contributed by atoms with Crippen LogP contribution in [0.5, 0.6) is 5.88 Å². The van der Waals surface area contributed by atoms with Crippen molar-refractivity contribution in [1.82, 2.24) is 9.78 Å². The van der Waals surface area contributed by atoms with Gasteiger partial charge in [0.1, 0.15) is 5.56 Å². The Balaban J connectivity index is 3.30. The van der Waals surface area contributed by atoms with Gasteiger partial charge in [0.25, 0.3) is 0 Å². The van der Waals surface area contributed by atoms with Gasteiger partial charge >= 0.3 is 12.1 Å². The summed E-state index contributed by atoms with van der Waals surface area (Å²) in [5, 5.41) is 4.07. The third-order valence-electron chi connectivity index (χ3n) is 2.62. The van der Waals surface area contributed by atoms with Gasteiger partial charge in [-0.3, -0.25) is 0 Å². The first-order chi connectivity index (χ1) is 10.3. The fraction of sp³-hybridized carbons (Fsp3) is 0.667. The summed E-state index contributed by atoms with van der Waals surface area (Å²) in [6.07, 6.45) is -0.799. The van der Waals surface area contributed by atoms with Crippen LogP contribution in [0.25, 0.3) is 0 Å². The average molecular weight is 312 g/mol. The Labute approximate surface area is 130 Å². The van der Waals surface area contributed by atoms with Crippen LogP contribution in [0.2, 0.25) is 0 Å². The number of carbonyl (C=O) groups excluding carboxylic acids is 2. The third-order valence-corrected chi connectivity index (χ3v) is 2.62. The van der Waals surface area contributed by atoms with Crippen molar-refractivity contribution < 1.29 is 23.8 Å². The predicted octanol–water partition coefficient (Wildman–Crippen LogP) is 2.80. The van der Waals surface area contributed by atoms with E-state index in [2.05, 4.69) is 5.10 Å². The molecule has 0 radical (unpaired) electrons. The van der Waals surface area contributed by atoms with Crippen molar-refractivity contribution in [2.45, 2.75) is 60.2 Å². The van der Waals surface area contributed by atoms with E-state index in [4.69, 9.17) is 14.2 Å². The van der Waals surface area contributed by atoms with E-state index >= 15 is 0 Å². The summed E-state index contributed by atoms with van der Waals surface area (Å²) in [6.45, 7) is 10.9. The molecule has 0 aliphatic carbocycles. The van der Waals surface area contributed by atoms with Crippen molar-refractivity contribution in [3.05, 3.63) is 11.3 Å². The number of ether oxygens (including phenoxy) is 3. The quantitative estimate of drug-likeness (QED) is 0.751. The third kappa shape index (κ3) is 4.22. The Hall–Kier alpha value is -2.05. The fourth-order valence-electron chi connectivity index (χ4n) is 1.88. The van der Waals surface area contributed by atoms with E-state index in [1.807, 2.05) is 6.92 Å². The molecule has 0 N–H and O–H groups in total. The molecule has 0 saturated carbocycles. The SMILES string of the molecule is CCOc1nn(C(=O)OC(C)C)c(CC)c1C(=O)OC(C)C. The lowest BCUT2D eigenvalue weighted by molar-refractivity contribution is 0.0372. The van der Waals surface area contributed by atoms with Crippen molar-refractivity contribution in [2.24, 2.45) is 0 Å². The van der Waals surface area contributed by atoms with Gasteiger partial charge < -0.3 is 14.2 Å². The molecular formula is C15H24N2O5. The molecule has 0 bridgehead atoms. The molecular weight excluding hydrogens is 288 g/mol. The lowest BCUT2D eigenvalue weighted by Crippen LogP contribution is -2.22. The smallest absolute Gasteiger partial charge is 0.435 e. The summed E-state index contributed by atoms with van der Waals surface area (Å²) < 4.78 is 16.8. The van der Waals surface area contributed by atoms with E-state index in [1.165, 1.54) is 0 Å². The standard InChI is InChI=1S/C15H24N2O5/c1-7-11-12(14(18)21-9(3)4)13(20-8-2)16-17(11)15(19)22-10(5)6/h9-10H,7-8H2,1-6H3. The molecule has 0 aliphatic heterocycles. The molecule has 0 aliphatic rings. The number of hydrogen-bond donors (Lipinski definition) is 0.